The third-order valence-corrected chi connectivity index (χ3v) is 3.32. The Morgan fingerprint density at radius 3 is 2.62 bits per heavy atom. The Bertz CT molecular complexity index is 670. The van der Waals surface area contributed by atoms with Crippen LogP contribution in [0.5, 0.6) is 0 Å². The monoisotopic (exact) mass is 238 g/mol. The van der Waals surface area contributed by atoms with Crippen LogP contribution in [0.2, 0.25) is 0 Å². The van der Waals surface area contributed by atoms with Crippen LogP contribution in [0.1, 0.15) is 10.4 Å². The van der Waals surface area contributed by atoms with Crippen molar-refractivity contribution in [1.82, 2.24) is 4.98 Å². The lowest BCUT2D eigenvalue weighted by Gasteiger charge is -1.95. The summed E-state index contributed by atoms with van der Waals surface area (Å²) in [4.78, 5) is 13.9. The standard InChI is InChI=1S/C10H10N2O3S/c1-16(14,15)9-5-7-6(10(11)13)3-2-4-8(7)12-9/h2-5,12H,1H3,(H2,11,13). The highest BCUT2D eigenvalue weighted by Crippen LogP contribution is 2.21. The van der Waals surface area contributed by atoms with E-state index in [2.05, 4.69) is 4.98 Å². The number of nitrogens with two attached hydrogens (primary N) is 1. The molecule has 2 rings (SSSR count). The number of rotatable bonds is 2. The van der Waals surface area contributed by atoms with E-state index in [0.29, 0.717) is 16.5 Å². The average Bonchev–Trinajstić information content (AvgIpc) is 2.59. The number of hydrogen-bond donors (Lipinski definition) is 2. The van der Waals surface area contributed by atoms with Crippen LogP contribution >= 0.6 is 0 Å². The summed E-state index contributed by atoms with van der Waals surface area (Å²) < 4.78 is 22.7. The highest BCUT2D eigenvalue weighted by Gasteiger charge is 2.14. The summed E-state index contributed by atoms with van der Waals surface area (Å²) in [5.74, 6) is -0.579. The zero-order valence-electron chi connectivity index (χ0n) is 8.52. The fraction of sp³-hybridized carbons (Fsp3) is 0.100. The fourth-order valence-electron chi connectivity index (χ4n) is 1.54. The van der Waals surface area contributed by atoms with Crippen molar-refractivity contribution in [3.63, 3.8) is 0 Å². The molecule has 1 aromatic carbocycles. The molecule has 6 heteroatoms. The molecule has 0 saturated heterocycles. The molecule has 0 unspecified atom stereocenters. The summed E-state index contributed by atoms with van der Waals surface area (Å²) in [7, 11) is -3.31. The van der Waals surface area contributed by atoms with Crippen molar-refractivity contribution in [3.05, 3.63) is 29.8 Å². The van der Waals surface area contributed by atoms with Gasteiger partial charge in [0.25, 0.3) is 0 Å². The van der Waals surface area contributed by atoms with Gasteiger partial charge >= 0.3 is 0 Å². The largest absolute Gasteiger partial charge is 0.366 e. The third-order valence-electron chi connectivity index (χ3n) is 2.30. The van der Waals surface area contributed by atoms with Gasteiger partial charge in [0.2, 0.25) is 5.91 Å². The number of aromatic amines is 1. The van der Waals surface area contributed by atoms with Crippen LogP contribution in [0.3, 0.4) is 0 Å². The van der Waals surface area contributed by atoms with Gasteiger partial charge in [-0.15, -0.1) is 0 Å². The lowest BCUT2D eigenvalue weighted by Crippen LogP contribution is -2.10. The van der Waals surface area contributed by atoms with Crippen LogP contribution in [0.15, 0.2) is 29.3 Å². The van der Waals surface area contributed by atoms with Gasteiger partial charge in [-0.1, -0.05) is 6.07 Å². The first kappa shape index (κ1) is 10.7. The van der Waals surface area contributed by atoms with E-state index in [4.69, 9.17) is 5.73 Å². The number of primary amides is 1. The van der Waals surface area contributed by atoms with Crippen molar-refractivity contribution in [2.45, 2.75) is 5.03 Å². The molecule has 1 amide bonds. The van der Waals surface area contributed by atoms with Crippen molar-refractivity contribution in [3.8, 4) is 0 Å². The van der Waals surface area contributed by atoms with Gasteiger partial charge < -0.3 is 10.7 Å². The molecule has 0 fully saturated rings. The number of aromatic nitrogens is 1. The summed E-state index contributed by atoms with van der Waals surface area (Å²) in [6.07, 6.45) is 1.10. The molecule has 0 spiro atoms. The Kier molecular flexibility index (Phi) is 2.23. The van der Waals surface area contributed by atoms with Crippen molar-refractivity contribution in [2.24, 2.45) is 5.73 Å². The van der Waals surface area contributed by atoms with Crippen LogP contribution in [0.4, 0.5) is 0 Å². The van der Waals surface area contributed by atoms with E-state index >= 15 is 0 Å². The van der Waals surface area contributed by atoms with E-state index in [-0.39, 0.29) is 5.03 Å². The second-order valence-electron chi connectivity index (χ2n) is 3.54. The first-order valence-electron chi connectivity index (χ1n) is 4.51. The van der Waals surface area contributed by atoms with E-state index in [0.717, 1.165) is 6.26 Å². The molecule has 5 nitrogen and oxygen atoms in total. The molecule has 16 heavy (non-hydrogen) atoms. The van der Waals surface area contributed by atoms with Gasteiger partial charge in [-0.25, -0.2) is 8.42 Å². The number of amides is 1. The quantitative estimate of drug-likeness (QED) is 0.805. The molecule has 3 N–H and O–H groups in total. The number of carbonyl (C=O) groups is 1. The number of benzene rings is 1. The molecule has 0 bridgehead atoms. The number of carbonyl (C=O) groups excluding carboxylic acids is 1. The molecular formula is C10H10N2O3S. The van der Waals surface area contributed by atoms with E-state index < -0.39 is 15.7 Å². The van der Waals surface area contributed by atoms with Crippen molar-refractivity contribution >= 4 is 26.6 Å². The van der Waals surface area contributed by atoms with Gasteiger partial charge in [-0.3, -0.25) is 4.79 Å². The normalized spacial score (nSPS) is 11.8. The number of hydrogen-bond acceptors (Lipinski definition) is 3. The molecular weight excluding hydrogens is 228 g/mol. The summed E-state index contributed by atoms with van der Waals surface area (Å²) in [6, 6.07) is 6.32. The fourth-order valence-corrected chi connectivity index (χ4v) is 2.17. The first-order valence-corrected chi connectivity index (χ1v) is 6.40. The molecule has 84 valence electrons. The summed E-state index contributed by atoms with van der Waals surface area (Å²) >= 11 is 0. The van der Waals surface area contributed by atoms with Crippen LogP contribution in [-0.2, 0) is 9.84 Å². The molecule has 1 aromatic heterocycles. The minimum absolute atomic E-state index is 0.0798. The molecule has 0 saturated carbocycles. The second-order valence-corrected chi connectivity index (χ2v) is 5.52. The lowest BCUT2D eigenvalue weighted by molar-refractivity contribution is 0.100. The Morgan fingerprint density at radius 1 is 1.38 bits per heavy atom. The zero-order chi connectivity index (χ0) is 11.9. The average molecular weight is 238 g/mol. The van der Waals surface area contributed by atoms with Crippen LogP contribution in [-0.4, -0.2) is 25.6 Å². The van der Waals surface area contributed by atoms with E-state index in [1.807, 2.05) is 0 Å². The van der Waals surface area contributed by atoms with Gasteiger partial charge in [0.05, 0.1) is 0 Å². The maximum absolute atomic E-state index is 11.3. The van der Waals surface area contributed by atoms with Crippen LogP contribution in [0.25, 0.3) is 10.9 Å². The lowest BCUT2D eigenvalue weighted by atomic mass is 10.1. The van der Waals surface area contributed by atoms with Crippen LogP contribution in [0, 0.1) is 0 Å². The molecule has 0 aliphatic rings. The molecule has 2 aromatic rings. The Morgan fingerprint density at radius 2 is 2.06 bits per heavy atom. The van der Waals surface area contributed by atoms with Gasteiger partial charge in [0.1, 0.15) is 5.03 Å². The number of sulfone groups is 1. The SMILES string of the molecule is CS(=O)(=O)c1cc2c(C(N)=O)cccc2[nH]1. The summed E-state index contributed by atoms with van der Waals surface area (Å²) in [5, 5.41) is 0.603. The molecule has 0 atom stereocenters. The Balaban J connectivity index is 2.81. The number of nitrogens with one attached hydrogen (secondary N) is 1. The van der Waals surface area contributed by atoms with Crippen molar-refractivity contribution in [2.75, 3.05) is 6.26 Å². The van der Waals surface area contributed by atoms with Crippen molar-refractivity contribution < 1.29 is 13.2 Å². The topological polar surface area (TPSA) is 93.0 Å². The highest BCUT2D eigenvalue weighted by molar-refractivity contribution is 7.90. The van der Waals surface area contributed by atoms with Gasteiger partial charge in [0.15, 0.2) is 9.84 Å². The van der Waals surface area contributed by atoms with Gasteiger partial charge in [0, 0.05) is 22.7 Å². The summed E-state index contributed by atoms with van der Waals surface area (Å²) in [5.41, 5.74) is 6.09. The third kappa shape index (κ3) is 1.67. The second kappa shape index (κ2) is 3.34. The Labute approximate surface area is 92.2 Å². The minimum Gasteiger partial charge on any atom is -0.366 e. The molecule has 1 heterocycles. The predicted octanol–water partition coefficient (Wildman–Crippen LogP) is 0.670. The number of fused-ring (bicyclic) bond motifs is 1. The van der Waals surface area contributed by atoms with Crippen molar-refractivity contribution in [1.29, 1.82) is 0 Å². The summed E-state index contributed by atoms with van der Waals surface area (Å²) in [6.45, 7) is 0. The van der Waals surface area contributed by atoms with Gasteiger partial charge in [-0.05, 0) is 18.2 Å². The minimum atomic E-state index is -3.31. The first-order chi connectivity index (χ1) is 7.39. The maximum Gasteiger partial charge on any atom is 0.249 e. The molecule has 0 radical (unpaired) electrons. The van der Waals surface area contributed by atoms with Gasteiger partial charge in [-0.2, -0.15) is 0 Å². The smallest absolute Gasteiger partial charge is 0.249 e. The molecule has 0 aliphatic heterocycles. The maximum atomic E-state index is 11.3. The zero-order valence-corrected chi connectivity index (χ0v) is 9.34. The van der Waals surface area contributed by atoms with Crippen LogP contribution < -0.4 is 5.73 Å². The number of H-pyrrole nitrogens is 1. The van der Waals surface area contributed by atoms with E-state index in [1.165, 1.54) is 6.07 Å². The van der Waals surface area contributed by atoms with E-state index in [1.54, 1.807) is 18.2 Å². The Hall–Kier alpha value is -1.82. The highest BCUT2D eigenvalue weighted by atomic mass is 32.2. The van der Waals surface area contributed by atoms with E-state index in [9.17, 15) is 13.2 Å². The predicted molar refractivity (Wildman–Crippen MR) is 59.9 cm³/mol. The molecule has 0 aliphatic carbocycles.